The van der Waals surface area contributed by atoms with E-state index in [9.17, 15) is 9.59 Å². The lowest BCUT2D eigenvalue weighted by Crippen LogP contribution is -2.46. The molecular formula is C13H18N2O2. The zero-order chi connectivity index (χ0) is 12.8. The molecule has 0 aromatic heterocycles. The molecule has 2 N–H and O–H groups in total. The maximum absolute atomic E-state index is 11.6. The zero-order valence-electron chi connectivity index (χ0n) is 10.2. The van der Waals surface area contributed by atoms with Crippen LogP contribution in [0.25, 0.3) is 0 Å². The molecule has 0 spiro atoms. The van der Waals surface area contributed by atoms with Gasteiger partial charge in [-0.25, -0.2) is 4.79 Å². The van der Waals surface area contributed by atoms with Crippen molar-refractivity contribution in [3.8, 4) is 0 Å². The molecule has 1 aromatic carbocycles. The number of rotatable bonds is 4. The van der Waals surface area contributed by atoms with Crippen molar-refractivity contribution in [3.63, 3.8) is 0 Å². The number of nitrogens with zero attached hydrogens (tertiary/aromatic N) is 1. The number of imide groups is 1. The molecule has 4 nitrogen and oxygen atoms in total. The number of urea groups is 1. The van der Waals surface area contributed by atoms with Gasteiger partial charge in [0.05, 0.1) is 0 Å². The van der Waals surface area contributed by atoms with Crippen LogP contribution in [0.5, 0.6) is 0 Å². The van der Waals surface area contributed by atoms with E-state index in [1.165, 1.54) is 0 Å². The Bertz CT molecular complexity index is 390. The Morgan fingerprint density at radius 3 is 2.35 bits per heavy atom. The van der Waals surface area contributed by atoms with Crippen LogP contribution in [0, 0.1) is 0 Å². The fourth-order valence-corrected chi connectivity index (χ4v) is 1.80. The summed E-state index contributed by atoms with van der Waals surface area (Å²) in [6, 6.07) is 8.81. The number of hydrogen-bond acceptors (Lipinski definition) is 2. The smallest absolute Gasteiger partial charge is 0.321 e. The maximum atomic E-state index is 11.6. The molecule has 0 saturated heterocycles. The van der Waals surface area contributed by atoms with Gasteiger partial charge in [-0.05, 0) is 18.9 Å². The van der Waals surface area contributed by atoms with Gasteiger partial charge < -0.3 is 5.73 Å². The minimum Gasteiger partial charge on any atom is -0.351 e. The summed E-state index contributed by atoms with van der Waals surface area (Å²) >= 11 is 0. The van der Waals surface area contributed by atoms with E-state index in [-0.39, 0.29) is 18.4 Å². The SMILES string of the molecule is CCC(=O)N(C(N)=O)[C@H](C)Cc1ccccc1. The summed E-state index contributed by atoms with van der Waals surface area (Å²) in [5, 5.41) is 0. The molecule has 0 saturated carbocycles. The van der Waals surface area contributed by atoms with Crippen LogP contribution >= 0.6 is 0 Å². The molecule has 1 atom stereocenters. The minimum absolute atomic E-state index is 0.220. The molecule has 3 amide bonds. The van der Waals surface area contributed by atoms with E-state index in [1.807, 2.05) is 37.3 Å². The molecule has 0 aliphatic rings. The van der Waals surface area contributed by atoms with Gasteiger partial charge in [-0.15, -0.1) is 0 Å². The van der Waals surface area contributed by atoms with E-state index in [1.54, 1.807) is 6.92 Å². The summed E-state index contributed by atoms with van der Waals surface area (Å²) in [6.45, 7) is 3.54. The number of nitrogens with two attached hydrogens (primary N) is 1. The van der Waals surface area contributed by atoms with Crippen LogP contribution in [0.3, 0.4) is 0 Å². The number of primary amides is 1. The van der Waals surface area contributed by atoms with Gasteiger partial charge in [-0.3, -0.25) is 9.69 Å². The van der Waals surface area contributed by atoms with Crippen molar-refractivity contribution < 1.29 is 9.59 Å². The van der Waals surface area contributed by atoms with E-state index in [0.29, 0.717) is 6.42 Å². The summed E-state index contributed by atoms with van der Waals surface area (Å²) in [5.41, 5.74) is 6.31. The average Bonchev–Trinajstić information content (AvgIpc) is 2.29. The number of carbonyl (C=O) groups excluding carboxylic acids is 2. The molecule has 1 aromatic rings. The largest absolute Gasteiger partial charge is 0.351 e. The molecular weight excluding hydrogens is 216 g/mol. The Hall–Kier alpha value is -1.84. The Kier molecular flexibility index (Phi) is 4.69. The molecule has 1 rings (SSSR count). The van der Waals surface area contributed by atoms with Crippen molar-refractivity contribution in [1.29, 1.82) is 0 Å². The van der Waals surface area contributed by atoms with Crippen molar-refractivity contribution in [2.75, 3.05) is 0 Å². The van der Waals surface area contributed by atoms with Gasteiger partial charge in [0, 0.05) is 12.5 Å². The molecule has 0 fully saturated rings. The first-order valence-electron chi connectivity index (χ1n) is 5.71. The predicted octanol–water partition coefficient (Wildman–Crippen LogP) is 1.93. The standard InChI is InChI=1S/C13H18N2O2/c1-3-12(16)15(13(14)17)10(2)9-11-7-5-4-6-8-11/h4-8,10H,3,9H2,1-2H3,(H2,14,17)/t10-/m1/s1. The van der Waals surface area contributed by atoms with E-state index >= 15 is 0 Å². The van der Waals surface area contributed by atoms with E-state index in [4.69, 9.17) is 5.73 Å². The highest BCUT2D eigenvalue weighted by atomic mass is 16.2. The number of hydrogen-bond donors (Lipinski definition) is 1. The van der Waals surface area contributed by atoms with Crippen molar-refractivity contribution >= 4 is 11.9 Å². The van der Waals surface area contributed by atoms with Gasteiger partial charge in [0.2, 0.25) is 5.91 Å². The Labute approximate surface area is 101 Å². The fraction of sp³-hybridized carbons (Fsp3) is 0.385. The summed E-state index contributed by atoms with van der Waals surface area (Å²) in [5.74, 6) is -0.235. The first-order valence-corrected chi connectivity index (χ1v) is 5.71. The van der Waals surface area contributed by atoms with E-state index in [2.05, 4.69) is 0 Å². The number of carbonyl (C=O) groups is 2. The zero-order valence-corrected chi connectivity index (χ0v) is 10.2. The molecule has 92 valence electrons. The van der Waals surface area contributed by atoms with Crippen molar-refractivity contribution in [1.82, 2.24) is 4.90 Å². The Balaban J connectivity index is 2.76. The first-order chi connectivity index (χ1) is 8.06. The van der Waals surface area contributed by atoms with Crippen LogP contribution < -0.4 is 5.73 Å². The van der Waals surface area contributed by atoms with Crippen LogP contribution in [-0.2, 0) is 11.2 Å². The van der Waals surface area contributed by atoms with Gasteiger partial charge in [0.15, 0.2) is 0 Å². The predicted molar refractivity (Wildman–Crippen MR) is 66.3 cm³/mol. The van der Waals surface area contributed by atoms with Crippen molar-refractivity contribution in [2.45, 2.75) is 32.7 Å². The molecule has 0 heterocycles. The topological polar surface area (TPSA) is 63.4 Å². The van der Waals surface area contributed by atoms with Crippen LogP contribution in [0.1, 0.15) is 25.8 Å². The Morgan fingerprint density at radius 1 is 1.29 bits per heavy atom. The van der Waals surface area contributed by atoms with Crippen molar-refractivity contribution in [2.24, 2.45) is 5.73 Å². The third-order valence-electron chi connectivity index (χ3n) is 2.62. The summed E-state index contributed by atoms with van der Waals surface area (Å²) in [4.78, 5) is 24.0. The van der Waals surface area contributed by atoms with Gasteiger partial charge in [-0.2, -0.15) is 0 Å². The highest BCUT2D eigenvalue weighted by molar-refractivity contribution is 5.93. The molecule has 0 bridgehead atoms. The third-order valence-corrected chi connectivity index (χ3v) is 2.62. The molecule has 0 aliphatic carbocycles. The van der Waals surface area contributed by atoms with E-state index < -0.39 is 6.03 Å². The third kappa shape index (κ3) is 3.59. The highest BCUT2D eigenvalue weighted by Crippen LogP contribution is 2.10. The van der Waals surface area contributed by atoms with Crippen molar-refractivity contribution in [3.05, 3.63) is 35.9 Å². The van der Waals surface area contributed by atoms with Gasteiger partial charge in [0.25, 0.3) is 0 Å². The van der Waals surface area contributed by atoms with Crippen LogP contribution in [0.4, 0.5) is 4.79 Å². The molecule has 17 heavy (non-hydrogen) atoms. The second-order valence-corrected chi connectivity index (χ2v) is 3.99. The summed E-state index contributed by atoms with van der Waals surface area (Å²) in [6.07, 6.45) is 0.900. The molecule has 4 heteroatoms. The Morgan fingerprint density at radius 2 is 1.88 bits per heavy atom. The first kappa shape index (κ1) is 13.2. The average molecular weight is 234 g/mol. The normalized spacial score (nSPS) is 11.9. The lowest BCUT2D eigenvalue weighted by atomic mass is 10.1. The van der Waals surface area contributed by atoms with Gasteiger partial charge in [0.1, 0.15) is 0 Å². The van der Waals surface area contributed by atoms with Crippen LogP contribution in [-0.4, -0.2) is 22.9 Å². The molecule has 0 unspecified atom stereocenters. The number of benzene rings is 1. The van der Waals surface area contributed by atoms with Gasteiger partial charge in [-0.1, -0.05) is 37.3 Å². The monoisotopic (exact) mass is 234 g/mol. The second kappa shape index (κ2) is 6.03. The summed E-state index contributed by atoms with van der Waals surface area (Å²) < 4.78 is 0. The summed E-state index contributed by atoms with van der Waals surface area (Å²) in [7, 11) is 0. The van der Waals surface area contributed by atoms with Crippen LogP contribution in [0.2, 0.25) is 0 Å². The lowest BCUT2D eigenvalue weighted by Gasteiger charge is -2.25. The van der Waals surface area contributed by atoms with Gasteiger partial charge >= 0.3 is 6.03 Å². The highest BCUT2D eigenvalue weighted by Gasteiger charge is 2.23. The fourth-order valence-electron chi connectivity index (χ4n) is 1.80. The number of amides is 3. The molecule has 0 aliphatic heterocycles. The second-order valence-electron chi connectivity index (χ2n) is 3.99. The van der Waals surface area contributed by atoms with Crippen LogP contribution in [0.15, 0.2) is 30.3 Å². The minimum atomic E-state index is -0.680. The molecule has 0 radical (unpaired) electrons. The maximum Gasteiger partial charge on any atom is 0.321 e. The lowest BCUT2D eigenvalue weighted by molar-refractivity contribution is -0.129. The quantitative estimate of drug-likeness (QED) is 0.865. The van der Waals surface area contributed by atoms with E-state index in [0.717, 1.165) is 10.5 Å².